The molecule has 0 heterocycles. The van der Waals surface area contributed by atoms with Gasteiger partial charge in [-0.25, -0.2) is 0 Å². The Morgan fingerprint density at radius 3 is 1.74 bits per heavy atom. The molecule has 0 saturated heterocycles. The largest absolute Gasteiger partial charge is 0.276 e. The summed E-state index contributed by atoms with van der Waals surface area (Å²) >= 11 is 17.0. The van der Waals surface area contributed by atoms with Crippen molar-refractivity contribution in [2.75, 3.05) is 0 Å². The van der Waals surface area contributed by atoms with Crippen LogP contribution < -0.4 is 0 Å². The fraction of sp³-hybridized carbons (Fsp3) is 0. The maximum atomic E-state index is 12.1. The van der Waals surface area contributed by atoms with Crippen molar-refractivity contribution >= 4 is 50.5 Å². The van der Waals surface area contributed by atoms with E-state index in [2.05, 4.69) is 0 Å². The molecule has 0 N–H and O–H groups in total. The molecule has 3 nitrogen and oxygen atoms in total. The van der Waals surface area contributed by atoms with E-state index in [1.807, 2.05) is 42.5 Å². The number of carbonyl (C=O) groups excluding carboxylic acids is 3. The third-order valence-corrected chi connectivity index (χ3v) is 4.69. The summed E-state index contributed by atoms with van der Waals surface area (Å²) in [7, 11) is 0. The van der Waals surface area contributed by atoms with E-state index in [0.717, 1.165) is 11.1 Å². The predicted octanol–water partition coefficient (Wildman–Crippen LogP) is 6.16. The second-order valence-corrected chi connectivity index (χ2v) is 6.71. The Morgan fingerprint density at radius 2 is 1.19 bits per heavy atom. The minimum atomic E-state index is -0.905. The van der Waals surface area contributed by atoms with Crippen LogP contribution >= 0.6 is 34.8 Å². The summed E-state index contributed by atoms with van der Waals surface area (Å²) in [5, 5.41) is -2.54. The van der Waals surface area contributed by atoms with Gasteiger partial charge < -0.3 is 0 Å². The summed E-state index contributed by atoms with van der Waals surface area (Å²) in [4.78, 5) is 35.7. The molecule has 0 radical (unpaired) electrons. The first kappa shape index (κ1) is 19.3. The molecular weight excluding hydrogens is 407 g/mol. The fourth-order valence-electron chi connectivity index (χ4n) is 2.92. The number of hydrogen-bond donors (Lipinski definition) is 0. The van der Waals surface area contributed by atoms with Crippen molar-refractivity contribution in [3.63, 3.8) is 0 Å². The van der Waals surface area contributed by atoms with E-state index in [1.54, 1.807) is 12.1 Å². The normalized spacial score (nSPS) is 10.5. The average Bonchev–Trinajstić information content (AvgIpc) is 2.67. The summed E-state index contributed by atoms with van der Waals surface area (Å²) in [6.07, 6.45) is 0. The maximum Gasteiger partial charge on any atom is 0.253 e. The van der Waals surface area contributed by atoms with E-state index in [0.29, 0.717) is 11.1 Å². The van der Waals surface area contributed by atoms with Gasteiger partial charge in [-0.1, -0.05) is 54.6 Å². The van der Waals surface area contributed by atoms with E-state index in [4.69, 9.17) is 34.8 Å². The van der Waals surface area contributed by atoms with Gasteiger partial charge in [-0.15, -0.1) is 0 Å². The van der Waals surface area contributed by atoms with Crippen molar-refractivity contribution in [2.24, 2.45) is 0 Å². The van der Waals surface area contributed by atoms with Crippen LogP contribution in [0.3, 0.4) is 0 Å². The zero-order valence-electron chi connectivity index (χ0n) is 13.7. The van der Waals surface area contributed by atoms with E-state index < -0.39 is 15.7 Å². The van der Waals surface area contributed by atoms with E-state index in [1.165, 1.54) is 12.1 Å². The van der Waals surface area contributed by atoms with Crippen LogP contribution in [0, 0.1) is 0 Å². The molecule has 27 heavy (non-hydrogen) atoms. The molecule has 0 spiro atoms. The Hall–Kier alpha value is -2.46. The SMILES string of the molecule is O=C(Cl)c1cc(C(=O)Cl)c(C(=O)Cl)c(-c2ccccc2-c2ccccc2)c1. The summed E-state index contributed by atoms with van der Waals surface area (Å²) < 4.78 is 0. The highest BCUT2D eigenvalue weighted by Crippen LogP contribution is 2.37. The Labute approximate surface area is 170 Å². The van der Waals surface area contributed by atoms with Gasteiger partial charge in [-0.2, -0.15) is 0 Å². The molecule has 6 heteroatoms. The van der Waals surface area contributed by atoms with Crippen LogP contribution in [-0.4, -0.2) is 15.7 Å². The van der Waals surface area contributed by atoms with Crippen LogP contribution in [-0.2, 0) is 0 Å². The molecule has 3 rings (SSSR count). The van der Waals surface area contributed by atoms with Crippen molar-refractivity contribution in [3.05, 3.63) is 83.4 Å². The quantitative estimate of drug-likeness (QED) is 0.467. The molecule has 0 atom stereocenters. The lowest BCUT2D eigenvalue weighted by atomic mass is 9.89. The molecule has 3 aromatic rings. The predicted molar refractivity (Wildman–Crippen MR) is 108 cm³/mol. The van der Waals surface area contributed by atoms with E-state index in [-0.39, 0.29) is 16.7 Å². The molecule has 0 bridgehead atoms. The molecule has 0 amide bonds. The third kappa shape index (κ3) is 3.96. The first-order chi connectivity index (χ1) is 12.9. The lowest BCUT2D eigenvalue weighted by Crippen LogP contribution is -2.07. The maximum absolute atomic E-state index is 12.1. The van der Waals surface area contributed by atoms with Crippen molar-refractivity contribution in [2.45, 2.75) is 0 Å². The van der Waals surface area contributed by atoms with Gasteiger partial charge in [0, 0.05) is 11.1 Å². The van der Waals surface area contributed by atoms with Crippen LogP contribution in [0.1, 0.15) is 31.1 Å². The van der Waals surface area contributed by atoms with Crippen LogP contribution in [0.25, 0.3) is 22.3 Å². The zero-order chi connectivity index (χ0) is 19.6. The lowest BCUT2D eigenvalue weighted by molar-refractivity contribution is 0.105. The monoisotopic (exact) mass is 416 g/mol. The van der Waals surface area contributed by atoms with Gasteiger partial charge in [-0.3, -0.25) is 14.4 Å². The molecule has 134 valence electrons. The van der Waals surface area contributed by atoms with Gasteiger partial charge >= 0.3 is 0 Å². The number of carbonyl (C=O) groups is 3. The standard InChI is InChI=1S/C21H11Cl3O3/c22-19(25)13-10-16(18(21(24)27)17(11-13)20(23)26)15-9-5-4-8-14(15)12-6-2-1-3-7-12/h1-11H. The number of hydrogen-bond acceptors (Lipinski definition) is 3. The van der Waals surface area contributed by atoms with Crippen LogP contribution in [0.5, 0.6) is 0 Å². The van der Waals surface area contributed by atoms with Crippen LogP contribution in [0.15, 0.2) is 66.7 Å². The number of halogens is 3. The second kappa shape index (κ2) is 8.05. The summed E-state index contributed by atoms with van der Waals surface area (Å²) in [5.74, 6) is 0. The highest BCUT2D eigenvalue weighted by molar-refractivity contribution is 6.73. The number of benzene rings is 3. The van der Waals surface area contributed by atoms with Gasteiger partial charge in [-0.05, 0) is 69.2 Å². The molecule has 0 aliphatic rings. The van der Waals surface area contributed by atoms with Gasteiger partial charge in [0.25, 0.3) is 15.7 Å². The van der Waals surface area contributed by atoms with E-state index >= 15 is 0 Å². The van der Waals surface area contributed by atoms with Crippen LogP contribution in [0.2, 0.25) is 0 Å². The lowest BCUT2D eigenvalue weighted by Gasteiger charge is -2.15. The smallest absolute Gasteiger partial charge is 0.253 e. The van der Waals surface area contributed by atoms with Crippen molar-refractivity contribution in [1.29, 1.82) is 0 Å². The topological polar surface area (TPSA) is 51.2 Å². The Morgan fingerprint density at radius 1 is 0.593 bits per heavy atom. The molecule has 0 aliphatic carbocycles. The molecule has 0 saturated carbocycles. The summed E-state index contributed by atoms with van der Waals surface area (Å²) in [6.45, 7) is 0. The van der Waals surface area contributed by atoms with Gasteiger partial charge in [0.15, 0.2) is 0 Å². The zero-order valence-corrected chi connectivity index (χ0v) is 16.0. The minimum absolute atomic E-state index is 0.0419. The first-order valence-electron chi connectivity index (χ1n) is 7.82. The Kier molecular flexibility index (Phi) is 5.76. The third-order valence-electron chi connectivity index (χ3n) is 4.08. The highest BCUT2D eigenvalue weighted by Gasteiger charge is 2.24. The second-order valence-electron chi connectivity index (χ2n) is 5.68. The molecule has 0 aliphatic heterocycles. The fourth-order valence-corrected chi connectivity index (χ4v) is 3.38. The highest BCUT2D eigenvalue weighted by atomic mass is 35.5. The van der Waals surface area contributed by atoms with Crippen molar-refractivity contribution in [3.8, 4) is 22.3 Å². The molecule has 0 unspecified atom stereocenters. The van der Waals surface area contributed by atoms with Crippen LogP contribution in [0.4, 0.5) is 0 Å². The van der Waals surface area contributed by atoms with Gasteiger partial charge in [0.2, 0.25) is 0 Å². The molecular formula is C21H11Cl3O3. The van der Waals surface area contributed by atoms with E-state index in [9.17, 15) is 14.4 Å². The Bertz CT molecular complexity index is 1060. The molecule has 3 aromatic carbocycles. The van der Waals surface area contributed by atoms with Gasteiger partial charge in [0.1, 0.15) is 0 Å². The van der Waals surface area contributed by atoms with Gasteiger partial charge in [0.05, 0.1) is 5.56 Å². The molecule has 0 aromatic heterocycles. The first-order valence-corrected chi connectivity index (χ1v) is 8.96. The number of rotatable bonds is 5. The van der Waals surface area contributed by atoms with Crippen molar-refractivity contribution < 1.29 is 14.4 Å². The Balaban J connectivity index is 2.40. The van der Waals surface area contributed by atoms with Crippen molar-refractivity contribution in [1.82, 2.24) is 0 Å². The molecule has 0 fully saturated rings. The summed E-state index contributed by atoms with van der Waals surface area (Å²) in [5.41, 5.74) is 2.42. The average molecular weight is 418 g/mol. The minimum Gasteiger partial charge on any atom is -0.276 e. The summed E-state index contributed by atoms with van der Waals surface area (Å²) in [6, 6.07) is 19.3.